The van der Waals surface area contributed by atoms with Crippen LogP contribution in [0.1, 0.15) is 32.6 Å². The molecular weight excluding hydrogens is 188 g/mol. The van der Waals surface area contributed by atoms with Crippen molar-refractivity contribution in [1.82, 2.24) is 10.2 Å². The summed E-state index contributed by atoms with van der Waals surface area (Å²) in [6.45, 7) is 4.28. The molecule has 1 saturated heterocycles. The van der Waals surface area contributed by atoms with Crippen LogP contribution in [0.4, 0.5) is 0 Å². The number of nitrogens with zero attached hydrogens (tertiary/aromatic N) is 1. The molecule has 1 heterocycles. The standard InChI is InChI=1S/C12H22N2O/c1-9-4-3-5-10(9)8-14-7-6-11(13-2)12(14)15/h9-11,13H,3-8H2,1-2H3. The van der Waals surface area contributed by atoms with E-state index in [9.17, 15) is 4.79 Å². The molecule has 1 aliphatic heterocycles. The zero-order chi connectivity index (χ0) is 10.8. The maximum Gasteiger partial charge on any atom is 0.239 e. The van der Waals surface area contributed by atoms with Crippen molar-refractivity contribution in [2.24, 2.45) is 11.8 Å². The van der Waals surface area contributed by atoms with Gasteiger partial charge in [-0.15, -0.1) is 0 Å². The van der Waals surface area contributed by atoms with Crippen molar-refractivity contribution in [3.8, 4) is 0 Å². The maximum atomic E-state index is 11.9. The fraction of sp³-hybridized carbons (Fsp3) is 0.917. The summed E-state index contributed by atoms with van der Waals surface area (Å²) in [5.41, 5.74) is 0. The molecule has 2 fully saturated rings. The van der Waals surface area contributed by atoms with Crippen LogP contribution >= 0.6 is 0 Å². The number of carbonyl (C=O) groups excluding carboxylic acids is 1. The predicted molar refractivity (Wildman–Crippen MR) is 60.5 cm³/mol. The molecule has 86 valence electrons. The van der Waals surface area contributed by atoms with Gasteiger partial charge in [0, 0.05) is 13.1 Å². The van der Waals surface area contributed by atoms with E-state index in [2.05, 4.69) is 17.1 Å². The van der Waals surface area contributed by atoms with Gasteiger partial charge in [0.1, 0.15) is 0 Å². The lowest BCUT2D eigenvalue weighted by molar-refractivity contribution is -0.129. The summed E-state index contributed by atoms with van der Waals surface area (Å²) in [5, 5.41) is 3.09. The summed E-state index contributed by atoms with van der Waals surface area (Å²) in [4.78, 5) is 14.0. The normalized spacial score (nSPS) is 36.5. The Hall–Kier alpha value is -0.570. The van der Waals surface area contributed by atoms with E-state index in [4.69, 9.17) is 0 Å². The molecule has 0 aromatic rings. The van der Waals surface area contributed by atoms with E-state index in [1.807, 2.05) is 7.05 Å². The first kappa shape index (κ1) is 10.9. The van der Waals surface area contributed by atoms with Gasteiger partial charge < -0.3 is 10.2 Å². The van der Waals surface area contributed by atoms with Gasteiger partial charge in [0.15, 0.2) is 0 Å². The zero-order valence-corrected chi connectivity index (χ0v) is 9.83. The Bertz CT molecular complexity index is 242. The molecule has 0 radical (unpaired) electrons. The third-order valence-electron chi connectivity index (χ3n) is 4.14. The Morgan fingerprint density at radius 2 is 2.20 bits per heavy atom. The zero-order valence-electron chi connectivity index (χ0n) is 9.83. The van der Waals surface area contributed by atoms with Gasteiger partial charge in [-0.2, -0.15) is 0 Å². The van der Waals surface area contributed by atoms with E-state index in [0.717, 1.165) is 31.3 Å². The fourth-order valence-corrected chi connectivity index (χ4v) is 2.96. The Labute approximate surface area is 92.2 Å². The highest BCUT2D eigenvalue weighted by atomic mass is 16.2. The first-order valence-electron chi connectivity index (χ1n) is 6.18. The van der Waals surface area contributed by atoms with Crippen molar-refractivity contribution < 1.29 is 4.79 Å². The molecule has 1 aliphatic carbocycles. The van der Waals surface area contributed by atoms with Gasteiger partial charge in [-0.1, -0.05) is 19.8 Å². The van der Waals surface area contributed by atoms with Gasteiger partial charge in [0.25, 0.3) is 0 Å². The van der Waals surface area contributed by atoms with Crippen molar-refractivity contribution >= 4 is 5.91 Å². The molecule has 0 aromatic heterocycles. The molecule has 2 rings (SSSR count). The molecule has 15 heavy (non-hydrogen) atoms. The van der Waals surface area contributed by atoms with Crippen LogP contribution in [0.5, 0.6) is 0 Å². The highest BCUT2D eigenvalue weighted by Crippen LogP contribution is 2.32. The summed E-state index contributed by atoms with van der Waals surface area (Å²) in [5.74, 6) is 1.88. The Balaban J connectivity index is 1.87. The molecule has 3 unspecified atom stereocenters. The topological polar surface area (TPSA) is 32.3 Å². The SMILES string of the molecule is CNC1CCN(CC2CCCC2C)C1=O. The molecule has 3 heteroatoms. The predicted octanol–water partition coefficient (Wildman–Crippen LogP) is 1.24. The van der Waals surface area contributed by atoms with E-state index in [0.29, 0.717) is 5.91 Å². The van der Waals surface area contributed by atoms with Gasteiger partial charge in [0.05, 0.1) is 6.04 Å². The van der Waals surface area contributed by atoms with Crippen LogP contribution in [0.3, 0.4) is 0 Å². The minimum atomic E-state index is 0.0849. The van der Waals surface area contributed by atoms with Crippen molar-refractivity contribution in [1.29, 1.82) is 0 Å². The van der Waals surface area contributed by atoms with E-state index in [1.54, 1.807) is 0 Å². The fourth-order valence-electron chi connectivity index (χ4n) is 2.96. The minimum absolute atomic E-state index is 0.0849. The number of hydrogen-bond donors (Lipinski definition) is 1. The van der Waals surface area contributed by atoms with Gasteiger partial charge >= 0.3 is 0 Å². The summed E-state index contributed by atoms with van der Waals surface area (Å²) in [6, 6.07) is 0.0849. The molecule has 0 bridgehead atoms. The van der Waals surface area contributed by atoms with Gasteiger partial charge in [0.2, 0.25) is 5.91 Å². The number of hydrogen-bond acceptors (Lipinski definition) is 2. The van der Waals surface area contributed by atoms with E-state index < -0.39 is 0 Å². The monoisotopic (exact) mass is 210 g/mol. The Morgan fingerprint density at radius 1 is 1.40 bits per heavy atom. The van der Waals surface area contributed by atoms with Crippen molar-refractivity contribution in [2.45, 2.75) is 38.6 Å². The third kappa shape index (κ3) is 2.17. The van der Waals surface area contributed by atoms with Crippen molar-refractivity contribution in [3.63, 3.8) is 0 Å². The first-order valence-corrected chi connectivity index (χ1v) is 6.18. The summed E-state index contributed by atoms with van der Waals surface area (Å²) in [7, 11) is 1.88. The average molecular weight is 210 g/mol. The second-order valence-corrected chi connectivity index (χ2v) is 5.08. The lowest BCUT2D eigenvalue weighted by Crippen LogP contribution is -2.38. The number of rotatable bonds is 3. The molecule has 0 spiro atoms. The van der Waals surface area contributed by atoms with E-state index >= 15 is 0 Å². The number of likely N-dealkylation sites (tertiary alicyclic amines) is 1. The average Bonchev–Trinajstić information content (AvgIpc) is 2.77. The Kier molecular flexibility index (Phi) is 3.29. The quantitative estimate of drug-likeness (QED) is 0.760. The third-order valence-corrected chi connectivity index (χ3v) is 4.14. The second kappa shape index (κ2) is 4.52. The van der Waals surface area contributed by atoms with Crippen LogP contribution in [0, 0.1) is 11.8 Å². The summed E-state index contributed by atoms with van der Waals surface area (Å²) in [6.07, 6.45) is 5.00. The van der Waals surface area contributed by atoms with Gasteiger partial charge in [-0.25, -0.2) is 0 Å². The second-order valence-electron chi connectivity index (χ2n) is 5.08. The smallest absolute Gasteiger partial charge is 0.239 e. The molecule has 2 aliphatic rings. The van der Waals surface area contributed by atoms with E-state index in [-0.39, 0.29) is 6.04 Å². The number of amides is 1. The van der Waals surface area contributed by atoms with Gasteiger partial charge in [-0.05, 0) is 31.7 Å². The highest BCUT2D eigenvalue weighted by molar-refractivity contribution is 5.83. The van der Waals surface area contributed by atoms with E-state index in [1.165, 1.54) is 19.3 Å². The van der Waals surface area contributed by atoms with Crippen LogP contribution in [0.25, 0.3) is 0 Å². The lowest BCUT2D eigenvalue weighted by Gasteiger charge is -2.23. The van der Waals surface area contributed by atoms with Crippen LogP contribution in [-0.4, -0.2) is 37.0 Å². The molecular formula is C12H22N2O. The van der Waals surface area contributed by atoms with Crippen molar-refractivity contribution in [2.75, 3.05) is 20.1 Å². The molecule has 1 saturated carbocycles. The van der Waals surface area contributed by atoms with Crippen LogP contribution in [0.15, 0.2) is 0 Å². The molecule has 3 atom stereocenters. The van der Waals surface area contributed by atoms with Crippen LogP contribution < -0.4 is 5.32 Å². The molecule has 1 amide bonds. The molecule has 1 N–H and O–H groups in total. The van der Waals surface area contributed by atoms with Crippen LogP contribution in [0.2, 0.25) is 0 Å². The molecule has 3 nitrogen and oxygen atoms in total. The van der Waals surface area contributed by atoms with Crippen molar-refractivity contribution in [3.05, 3.63) is 0 Å². The van der Waals surface area contributed by atoms with Crippen LogP contribution in [-0.2, 0) is 4.79 Å². The first-order chi connectivity index (χ1) is 7.22. The Morgan fingerprint density at radius 3 is 2.73 bits per heavy atom. The minimum Gasteiger partial charge on any atom is -0.341 e. The number of nitrogens with one attached hydrogen (secondary N) is 1. The highest BCUT2D eigenvalue weighted by Gasteiger charge is 2.33. The summed E-state index contributed by atoms with van der Waals surface area (Å²) >= 11 is 0. The lowest BCUT2D eigenvalue weighted by atomic mass is 9.98. The largest absolute Gasteiger partial charge is 0.341 e. The maximum absolute atomic E-state index is 11.9. The summed E-state index contributed by atoms with van der Waals surface area (Å²) < 4.78 is 0. The number of carbonyl (C=O) groups is 1. The molecule has 0 aromatic carbocycles. The van der Waals surface area contributed by atoms with Gasteiger partial charge in [-0.3, -0.25) is 4.79 Å². The number of likely N-dealkylation sites (N-methyl/N-ethyl adjacent to an activating group) is 1.